The molecule has 0 saturated heterocycles. The maximum atomic E-state index is 6.66. The molecule has 0 atom stereocenters. The minimum absolute atomic E-state index is 0.527. The van der Waals surface area contributed by atoms with Crippen LogP contribution in [0.15, 0.2) is 52.5 Å². The molecule has 3 rings (SSSR count). The normalized spacial score (nSPS) is 14.9. The van der Waals surface area contributed by atoms with Crippen molar-refractivity contribution in [2.75, 3.05) is 0 Å². The second-order valence-electron chi connectivity index (χ2n) is 5.21. The predicted octanol–water partition coefficient (Wildman–Crippen LogP) is 8.18. The maximum Gasteiger partial charge on any atom is 0.0627 e. The third kappa shape index (κ3) is 3.57. The van der Waals surface area contributed by atoms with Gasteiger partial charge in [0.25, 0.3) is 0 Å². The van der Waals surface area contributed by atoms with Gasteiger partial charge in [-0.15, -0.1) is 0 Å². The molecule has 0 saturated carbocycles. The van der Waals surface area contributed by atoms with E-state index in [0.717, 1.165) is 35.1 Å². The lowest BCUT2D eigenvalue weighted by molar-refractivity contribution is 1.05. The summed E-state index contributed by atoms with van der Waals surface area (Å²) >= 11 is 31.6. The number of rotatable bonds is 2. The molecule has 0 aromatic heterocycles. The minimum Gasteiger partial charge on any atom is -0.0843 e. The molecule has 0 radical (unpaired) electrons. The third-order valence-electron chi connectivity index (χ3n) is 3.69. The number of hydrogen-bond donors (Lipinski definition) is 0. The van der Waals surface area contributed by atoms with Crippen LogP contribution in [-0.2, 0) is 0 Å². The Hall–Kier alpha value is -0.630. The van der Waals surface area contributed by atoms with Crippen molar-refractivity contribution < 1.29 is 0 Å². The van der Waals surface area contributed by atoms with Crippen LogP contribution in [0.25, 0.3) is 16.7 Å². The molecule has 2 aromatic rings. The zero-order valence-electron chi connectivity index (χ0n) is 11.8. The average Bonchev–Trinajstić information content (AvgIpc) is 2.52. The van der Waals surface area contributed by atoms with Crippen LogP contribution in [0.4, 0.5) is 0 Å². The maximum absolute atomic E-state index is 6.66. The second kappa shape index (κ2) is 7.09. The van der Waals surface area contributed by atoms with Gasteiger partial charge in [-0.05, 0) is 53.8 Å². The molecular weight excluding hydrogens is 393 g/mol. The molecule has 118 valence electrons. The van der Waals surface area contributed by atoms with Crippen LogP contribution in [0.3, 0.4) is 0 Å². The van der Waals surface area contributed by atoms with E-state index in [4.69, 9.17) is 58.0 Å². The molecule has 0 amide bonds. The summed E-state index contributed by atoms with van der Waals surface area (Å²) in [6.45, 7) is 0. The van der Waals surface area contributed by atoms with E-state index in [0.29, 0.717) is 25.1 Å². The molecule has 5 heteroatoms. The Balaban J connectivity index is 2.21. The predicted molar refractivity (Wildman–Crippen MR) is 103 cm³/mol. The quantitative estimate of drug-likeness (QED) is 0.473. The highest BCUT2D eigenvalue weighted by Gasteiger charge is 2.19. The van der Waals surface area contributed by atoms with Crippen molar-refractivity contribution >= 4 is 63.6 Å². The van der Waals surface area contributed by atoms with Crippen LogP contribution in [0.5, 0.6) is 0 Å². The first-order valence-electron chi connectivity index (χ1n) is 6.97. The van der Waals surface area contributed by atoms with Crippen molar-refractivity contribution in [1.82, 2.24) is 0 Å². The van der Waals surface area contributed by atoms with Crippen molar-refractivity contribution in [3.8, 4) is 11.1 Å². The summed E-state index contributed by atoms with van der Waals surface area (Å²) in [7, 11) is 0. The van der Waals surface area contributed by atoms with E-state index in [2.05, 4.69) is 0 Å². The van der Waals surface area contributed by atoms with E-state index in [-0.39, 0.29) is 0 Å². The molecule has 1 aliphatic rings. The number of allylic oxidation sites excluding steroid dienone is 4. The summed E-state index contributed by atoms with van der Waals surface area (Å²) < 4.78 is 0. The lowest BCUT2D eigenvalue weighted by Crippen LogP contribution is -1.96. The molecule has 0 fully saturated rings. The average molecular weight is 405 g/mol. The first-order valence-corrected chi connectivity index (χ1v) is 8.86. The molecule has 2 aromatic carbocycles. The van der Waals surface area contributed by atoms with Crippen molar-refractivity contribution in [1.29, 1.82) is 0 Å². The van der Waals surface area contributed by atoms with Gasteiger partial charge in [-0.25, -0.2) is 0 Å². The van der Waals surface area contributed by atoms with Gasteiger partial charge < -0.3 is 0 Å². The summed E-state index contributed by atoms with van der Waals surface area (Å²) in [5, 5.41) is 2.89. The summed E-state index contributed by atoms with van der Waals surface area (Å²) in [5.41, 5.74) is 3.44. The van der Waals surface area contributed by atoms with Gasteiger partial charge in [0.2, 0.25) is 0 Å². The summed E-state index contributed by atoms with van der Waals surface area (Å²) in [6, 6.07) is 11.1. The van der Waals surface area contributed by atoms with Crippen LogP contribution in [0, 0.1) is 0 Å². The third-order valence-corrected chi connectivity index (χ3v) is 5.42. The van der Waals surface area contributed by atoms with Gasteiger partial charge >= 0.3 is 0 Å². The van der Waals surface area contributed by atoms with E-state index in [1.807, 2.05) is 42.5 Å². The Kier molecular flexibility index (Phi) is 5.30. The minimum atomic E-state index is 0.527. The summed E-state index contributed by atoms with van der Waals surface area (Å²) in [6.07, 6.45) is 3.49. The van der Waals surface area contributed by atoms with Gasteiger partial charge in [-0.1, -0.05) is 76.2 Å². The zero-order valence-corrected chi connectivity index (χ0v) is 15.6. The standard InChI is InChI=1S/C18H11Cl5/c19-11-4-1-3-10(7-11)14-8-12(20)9-15(17(14)22)13-5-2-6-16(21)18(13)23/h1,3-4,6-9H,2,5H2. The first-order chi connectivity index (χ1) is 11.0. The SMILES string of the molecule is ClC1=CCCC(c2cc(Cl)cc(-c3cccc(Cl)c3)c2Cl)=C1Cl. The lowest BCUT2D eigenvalue weighted by Gasteiger charge is -2.18. The Labute approximate surface area is 160 Å². The van der Waals surface area contributed by atoms with Gasteiger partial charge in [0.05, 0.1) is 15.1 Å². The molecule has 0 spiro atoms. The van der Waals surface area contributed by atoms with Gasteiger partial charge in [-0.3, -0.25) is 0 Å². The van der Waals surface area contributed by atoms with E-state index in [9.17, 15) is 0 Å². The van der Waals surface area contributed by atoms with Crippen LogP contribution >= 0.6 is 58.0 Å². The second-order valence-corrected chi connectivity index (χ2v) is 7.24. The van der Waals surface area contributed by atoms with E-state index >= 15 is 0 Å². The molecule has 0 bridgehead atoms. The number of halogens is 5. The largest absolute Gasteiger partial charge is 0.0843 e. The van der Waals surface area contributed by atoms with Crippen molar-refractivity contribution in [2.45, 2.75) is 12.8 Å². The van der Waals surface area contributed by atoms with Gasteiger partial charge in [0.1, 0.15) is 0 Å². The van der Waals surface area contributed by atoms with Gasteiger partial charge in [0.15, 0.2) is 0 Å². The summed E-state index contributed by atoms with van der Waals surface area (Å²) in [5.74, 6) is 0. The lowest BCUT2D eigenvalue weighted by atomic mass is 9.94. The first kappa shape index (κ1) is 17.2. The highest BCUT2D eigenvalue weighted by atomic mass is 35.5. The topological polar surface area (TPSA) is 0 Å². The fourth-order valence-electron chi connectivity index (χ4n) is 2.61. The van der Waals surface area contributed by atoms with Gasteiger partial charge in [0, 0.05) is 15.6 Å². The van der Waals surface area contributed by atoms with Crippen molar-refractivity contribution in [3.05, 3.63) is 73.2 Å². The van der Waals surface area contributed by atoms with Crippen molar-refractivity contribution in [3.63, 3.8) is 0 Å². The molecule has 0 heterocycles. The molecular formula is C18H11Cl5. The van der Waals surface area contributed by atoms with Crippen LogP contribution < -0.4 is 0 Å². The summed E-state index contributed by atoms with van der Waals surface area (Å²) in [4.78, 5) is 0. The molecule has 0 nitrogen and oxygen atoms in total. The van der Waals surface area contributed by atoms with Crippen molar-refractivity contribution in [2.24, 2.45) is 0 Å². The molecule has 1 aliphatic carbocycles. The molecule has 0 aliphatic heterocycles. The highest BCUT2D eigenvalue weighted by Crippen LogP contribution is 2.43. The van der Waals surface area contributed by atoms with E-state index in [1.165, 1.54) is 0 Å². The Bertz CT molecular complexity index is 833. The monoisotopic (exact) mass is 402 g/mol. The van der Waals surface area contributed by atoms with Crippen LogP contribution in [-0.4, -0.2) is 0 Å². The van der Waals surface area contributed by atoms with Gasteiger partial charge in [-0.2, -0.15) is 0 Å². The van der Waals surface area contributed by atoms with Crippen LogP contribution in [0.2, 0.25) is 15.1 Å². The highest BCUT2D eigenvalue weighted by molar-refractivity contribution is 6.46. The number of benzene rings is 2. The zero-order chi connectivity index (χ0) is 16.6. The smallest absolute Gasteiger partial charge is 0.0627 e. The van der Waals surface area contributed by atoms with Crippen LogP contribution in [0.1, 0.15) is 18.4 Å². The Morgan fingerprint density at radius 1 is 0.783 bits per heavy atom. The Morgan fingerprint density at radius 2 is 1.52 bits per heavy atom. The van der Waals surface area contributed by atoms with E-state index in [1.54, 1.807) is 0 Å². The Morgan fingerprint density at radius 3 is 2.26 bits per heavy atom. The molecule has 0 N–H and O–H groups in total. The molecule has 0 unspecified atom stereocenters. The fraction of sp³-hybridized carbons (Fsp3) is 0.111. The molecule has 23 heavy (non-hydrogen) atoms. The number of hydrogen-bond acceptors (Lipinski definition) is 0. The fourth-order valence-corrected chi connectivity index (χ4v) is 3.85. The van der Waals surface area contributed by atoms with E-state index < -0.39 is 0 Å².